The van der Waals surface area contributed by atoms with Crippen LogP contribution in [-0.4, -0.2) is 21.3 Å². The third-order valence-electron chi connectivity index (χ3n) is 2.22. The maximum atomic E-state index is 4.31. The van der Waals surface area contributed by atoms with Crippen LogP contribution in [0.1, 0.15) is 23.9 Å². The summed E-state index contributed by atoms with van der Waals surface area (Å²) in [4.78, 5) is 4.24. The lowest BCUT2D eigenvalue weighted by molar-refractivity contribution is 0.667. The van der Waals surface area contributed by atoms with Gasteiger partial charge >= 0.3 is 0 Å². The Morgan fingerprint density at radius 2 is 2.44 bits per heavy atom. The van der Waals surface area contributed by atoms with Gasteiger partial charge < -0.3 is 5.32 Å². The van der Waals surface area contributed by atoms with Crippen molar-refractivity contribution < 1.29 is 0 Å². The summed E-state index contributed by atoms with van der Waals surface area (Å²) in [6, 6.07) is 0. The van der Waals surface area contributed by atoms with Crippen molar-refractivity contribution in [3.8, 4) is 0 Å². The van der Waals surface area contributed by atoms with Crippen molar-refractivity contribution >= 4 is 11.3 Å². The first-order chi connectivity index (χ1) is 7.88. The van der Waals surface area contributed by atoms with Gasteiger partial charge in [-0.05, 0) is 13.0 Å². The van der Waals surface area contributed by atoms with Crippen LogP contribution in [0.2, 0.25) is 0 Å². The molecule has 2 rings (SSSR count). The Morgan fingerprint density at radius 3 is 3.19 bits per heavy atom. The Balaban J connectivity index is 1.87. The molecule has 0 spiro atoms. The molecule has 5 heteroatoms. The molecule has 0 saturated carbocycles. The second kappa shape index (κ2) is 5.77. The van der Waals surface area contributed by atoms with E-state index in [0.717, 1.165) is 31.1 Å². The zero-order valence-electron chi connectivity index (χ0n) is 9.39. The summed E-state index contributed by atoms with van der Waals surface area (Å²) in [5.74, 6) is 0. The minimum Gasteiger partial charge on any atom is -0.313 e. The number of nitrogens with zero attached hydrogens (tertiary/aromatic N) is 3. The van der Waals surface area contributed by atoms with Gasteiger partial charge in [0.05, 0.1) is 12.7 Å². The summed E-state index contributed by atoms with van der Waals surface area (Å²) in [6.07, 6.45) is 6.97. The van der Waals surface area contributed by atoms with Gasteiger partial charge in [0.2, 0.25) is 0 Å². The predicted molar refractivity (Wildman–Crippen MR) is 65.4 cm³/mol. The zero-order chi connectivity index (χ0) is 11.2. The molecule has 2 heterocycles. The molecule has 0 bridgehead atoms. The van der Waals surface area contributed by atoms with E-state index in [0.29, 0.717) is 0 Å². The van der Waals surface area contributed by atoms with E-state index in [4.69, 9.17) is 0 Å². The first-order valence-corrected chi connectivity index (χ1v) is 6.37. The van der Waals surface area contributed by atoms with Gasteiger partial charge in [0.15, 0.2) is 0 Å². The maximum absolute atomic E-state index is 4.31. The Labute approximate surface area is 99.3 Å². The van der Waals surface area contributed by atoms with E-state index in [1.807, 2.05) is 22.5 Å². The third kappa shape index (κ3) is 3.15. The summed E-state index contributed by atoms with van der Waals surface area (Å²) < 4.78 is 1.93. The third-order valence-corrected chi connectivity index (χ3v) is 2.99. The van der Waals surface area contributed by atoms with Crippen molar-refractivity contribution in [3.05, 3.63) is 34.5 Å². The van der Waals surface area contributed by atoms with E-state index in [9.17, 15) is 0 Å². The van der Waals surface area contributed by atoms with E-state index in [1.165, 1.54) is 5.56 Å². The second-order valence-corrected chi connectivity index (χ2v) is 4.63. The van der Waals surface area contributed by atoms with Crippen molar-refractivity contribution in [2.24, 2.45) is 0 Å². The summed E-state index contributed by atoms with van der Waals surface area (Å²) >= 11 is 1.66. The standard InChI is InChI=1S/C11H16N4S/c1-2-3-12-6-10-7-14-15(8-10)9-11-13-4-5-16-11/h4-5,7-8,12H,2-3,6,9H2,1H3. The quantitative estimate of drug-likeness (QED) is 0.779. The average Bonchev–Trinajstić information content (AvgIpc) is 2.91. The topological polar surface area (TPSA) is 42.7 Å². The molecule has 16 heavy (non-hydrogen) atoms. The molecule has 0 atom stereocenters. The summed E-state index contributed by atoms with van der Waals surface area (Å²) in [5.41, 5.74) is 1.23. The first-order valence-electron chi connectivity index (χ1n) is 5.49. The largest absolute Gasteiger partial charge is 0.313 e. The molecule has 0 aromatic carbocycles. The molecule has 0 radical (unpaired) electrons. The van der Waals surface area contributed by atoms with E-state index in [-0.39, 0.29) is 0 Å². The maximum Gasteiger partial charge on any atom is 0.114 e. The second-order valence-electron chi connectivity index (χ2n) is 3.65. The normalized spacial score (nSPS) is 10.8. The SMILES string of the molecule is CCCNCc1cnn(Cc2nccs2)c1. The molecule has 0 unspecified atom stereocenters. The van der Waals surface area contributed by atoms with E-state index in [1.54, 1.807) is 11.3 Å². The van der Waals surface area contributed by atoms with Crippen LogP contribution in [0.3, 0.4) is 0 Å². The minimum atomic E-state index is 0.769. The zero-order valence-corrected chi connectivity index (χ0v) is 10.2. The molecule has 0 saturated heterocycles. The van der Waals surface area contributed by atoms with Gasteiger partial charge in [0, 0.05) is 29.9 Å². The van der Waals surface area contributed by atoms with Crippen LogP contribution in [0.25, 0.3) is 0 Å². The highest BCUT2D eigenvalue weighted by Gasteiger charge is 2.00. The van der Waals surface area contributed by atoms with Crippen molar-refractivity contribution in [2.45, 2.75) is 26.4 Å². The van der Waals surface area contributed by atoms with Gasteiger partial charge in [0.25, 0.3) is 0 Å². The van der Waals surface area contributed by atoms with Crippen LogP contribution in [-0.2, 0) is 13.1 Å². The molecule has 86 valence electrons. The van der Waals surface area contributed by atoms with Gasteiger partial charge in [-0.15, -0.1) is 11.3 Å². The van der Waals surface area contributed by atoms with Crippen LogP contribution in [0.15, 0.2) is 24.0 Å². The van der Waals surface area contributed by atoms with Crippen LogP contribution in [0.5, 0.6) is 0 Å². The molecular formula is C11H16N4S. The number of nitrogens with one attached hydrogen (secondary N) is 1. The summed E-state index contributed by atoms with van der Waals surface area (Å²) in [7, 11) is 0. The fourth-order valence-electron chi connectivity index (χ4n) is 1.46. The molecule has 2 aromatic rings. The lowest BCUT2D eigenvalue weighted by atomic mass is 10.3. The molecule has 2 aromatic heterocycles. The first kappa shape index (κ1) is 11.3. The lowest BCUT2D eigenvalue weighted by Gasteiger charge is -1.99. The Hall–Kier alpha value is -1.20. The monoisotopic (exact) mass is 236 g/mol. The number of thiazole rings is 1. The Kier molecular flexibility index (Phi) is 4.07. The van der Waals surface area contributed by atoms with Crippen LogP contribution in [0.4, 0.5) is 0 Å². The number of rotatable bonds is 6. The molecule has 4 nitrogen and oxygen atoms in total. The molecular weight excluding hydrogens is 220 g/mol. The highest BCUT2D eigenvalue weighted by molar-refractivity contribution is 7.09. The highest BCUT2D eigenvalue weighted by Crippen LogP contribution is 2.06. The van der Waals surface area contributed by atoms with Gasteiger partial charge in [-0.2, -0.15) is 5.10 Å². The molecule has 0 amide bonds. The predicted octanol–water partition coefficient (Wildman–Crippen LogP) is 1.89. The van der Waals surface area contributed by atoms with Crippen molar-refractivity contribution in [2.75, 3.05) is 6.54 Å². The fraction of sp³-hybridized carbons (Fsp3) is 0.455. The number of aromatic nitrogens is 3. The highest BCUT2D eigenvalue weighted by atomic mass is 32.1. The Bertz CT molecular complexity index is 407. The average molecular weight is 236 g/mol. The van der Waals surface area contributed by atoms with Crippen LogP contribution < -0.4 is 5.32 Å². The van der Waals surface area contributed by atoms with E-state index < -0.39 is 0 Å². The number of hydrogen-bond donors (Lipinski definition) is 1. The van der Waals surface area contributed by atoms with Crippen molar-refractivity contribution in [1.82, 2.24) is 20.1 Å². The molecule has 0 aliphatic rings. The van der Waals surface area contributed by atoms with Gasteiger partial charge in [-0.3, -0.25) is 4.68 Å². The fourth-order valence-corrected chi connectivity index (χ4v) is 2.07. The minimum absolute atomic E-state index is 0.769. The summed E-state index contributed by atoms with van der Waals surface area (Å²) in [5, 5.41) is 10.8. The van der Waals surface area contributed by atoms with Gasteiger partial charge in [-0.1, -0.05) is 6.92 Å². The lowest BCUT2D eigenvalue weighted by Crippen LogP contribution is -2.13. The number of hydrogen-bond acceptors (Lipinski definition) is 4. The summed E-state index contributed by atoms with van der Waals surface area (Å²) in [6.45, 7) is 4.88. The van der Waals surface area contributed by atoms with Crippen molar-refractivity contribution in [1.29, 1.82) is 0 Å². The molecule has 0 aliphatic heterocycles. The van der Waals surface area contributed by atoms with E-state index >= 15 is 0 Å². The molecule has 0 aliphatic carbocycles. The van der Waals surface area contributed by atoms with Crippen LogP contribution >= 0.6 is 11.3 Å². The van der Waals surface area contributed by atoms with Gasteiger partial charge in [-0.25, -0.2) is 4.98 Å². The van der Waals surface area contributed by atoms with Crippen molar-refractivity contribution in [3.63, 3.8) is 0 Å². The smallest absolute Gasteiger partial charge is 0.114 e. The van der Waals surface area contributed by atoms with Crippen LogP contribution in [0, 0.1) is 0 Å². The van der Waals surface area contributed by atoms with E-state index in [2.05, 4.69) is 28.5 Å². The molecule has 0 fully saturated rings. The Morgan fingerprint density at radius 1 is 1.50 bits per heavy atom. The molecule has 1 N–H and O–H groups in total. The van der Waals surface area contributed by atoms with Gasteiger partial charge in [0.1, 0.15) is 5.01 Å².